The van der Waals surface area contributed by atoms with Gasteiger partial charge in [-0.2, -0.15) is 0 Å². The Morgan fingerprint density at radius 1 is 0.719 bits per heavy atom. The third-order valence-electron chi connectivity index (χ3n) is 8.93. The Labute approximate surface area is 192 Å². The molecule has 1 N–H and O–H groups in total. The van der Waals surface area contributed by atoms with E-state index in [0.717, 1.165) is 56.8 Å². The van der Waals surface area contributed by atoms with Crippen LogP contribution in [0.3, 0.4) is 0 Å². The van der Waals surface area contributed by atoms with E-state index >= 15 is 0 Å². The molecule has 0 spiro atoms. The van der Waals surface area contributed by atoms with Crippen LogP contribution in [0, 0.1) is 23.2 Å². The molecule has 4 saturated carbocycles. The molecular formula is C25H40N4O3. The molecule has 7 heteroatoms. The summed E-state index contributed by atoms with van der Waals surface area (Å²) in [4.78, 5) is 43.8. The highest BCUT2D eigenvalue weighted by atomic mass is 16.2. The first-order chi connectivity index (χ1) is 15.5. The number of nitrogens with zero attached hydrogens (tertiary/aromatic N) is 3. The number of hydrogen-bond acceptors (Lipinski definition) is 4. The highest BCUT2D eigenvalue weighted by molar-refractivity contribution is 5.85. The van der Waals surface area contributed by atoms with Gasteiger partial charge < -0.3 is 15.1 Å². The van der Waals surface area contributed by atoms with Gasteiger partial charge in [-0.3, -0.25) is 19.3 Å². The Bertz CT molecular complexity index is 689. The zero-order valence-electron chi connectivity index (χ0n) is 19.5. The zero-order chi connectivity index (χ0) is 22.1. The largest absolute Gasteiger partial charge is 0.347 e. The average Bonchev–Trinajstić information content (AvgIpc) is 2.77. The summed E-state index contributed by atoms with van der Waals surface area (Å²) in [6, 6.07) is 0. The van der Waals surface area contributed by atoms with Crippen molar-refractivity contribution < 1.29 is 14.4 Å². The second-order valence-electron chi connectivity index (χ2n) is 11.5. The van der Waals surface area contributed by atoms with Crippen molar-refractivity contribution in [1.29, 1.82) is 0 Å². The highest BCUT2D eigenvalue weighted by Crippen LogP contribution is 2.61. The summed E-state index contributed by atoms with van der Waals surface area (Å²) in [5.74, 6) is 2.81. The van der Waals surface area contributed by atoms with Crippen LogP contribution in [-0.2, 0) is 14.4 Å². The minimum Gasteiger partial charge on any atom is -0.347 e. The summed E-state index contributed by atoms with van der Waals surface area (Å²) >= 11 is 0. The van der Waals surface area contributed by atoms with Gasteiger partial charge in [0, 0.05) is 45.7 Å². The van der Waals surface area contributed by atoms with E-state index in [2.05, 4.69) is 10.2 Å². The smallest absolute Gasteiger partial charge is 0.242 e. The van der Waals surface area contributed by atoms with Crippen LogP contribution in [0.15, 0.2) is 0 Å². The van der Waals surface area contributed by atoms with Crippen molar-refractivity contribution in [2.24, 2.45) is 23.2 Å². The molecule has 32 heavy (non-hydrogen) atoms. The maximum atomic E-state index is 12.7. The molecule has 7 nitrogen and oxygen atoms in total. The summed E-state index contributed by atoms with van der Waals surface area (Å²) in [7, 11) is 0. The van der Waals surface area contributed by atoms with Gasteiger partial charge in [-0.1, -0.05) is 0 Å². The van der Waals surface area contributed by atoms with Gasteiger partial charge in [0.25, 0.3) is 0 Å². The first kappa shape index (κ1) is 22.2. The van der Waals surface area contributed by atoms with Crippen molar-refractivity contribution in [3.8, 4) is 0 Å². The lowest BCUT2D eigenvalue weighted by atomic mass is 9.49. The first-order valence-electron chi connectivity index (χ1n) is 13.0. The number of hydrogen-bond donors (Lipinski definition) is 1. The van der Waals surface area contributed by atoms with Crippen molar-refractivity contribution >= 4 is 17.7 Å². The van der Waals surface area contributed by atoms with E-state index in [-0.39, 0.29) is 29.7 Å². The second kappa shape index (κ2) is 9.32. The van der Waals surface area contributed by atoms with E-state index in [4.69, 9.17) is 0 Å². The molecule has 0 atom stereocenters. The van der Waals surface area contributed by atoms with Crippen LogP contribution < -0.4 is 5.32 Å². The van der Waals surface area contributed by atoms with Gasteiger partial charge >= 0.3 is 0 Å². The average molecular weight is 445 g/mol. The second-order valence-corrected chi connectivity index (χ2v) is 11.5. The molecule has 2 saturated heterocycles. The van der Waals surface area contributed by atoms with Gasteiger partial charge in [0.1, 0.15) is 0 Å². The molecule has 3 amide bonds. The van der Waals surface area contributed by atoms with Gasteiger partial charge in [-0.05, 0) is 81.0 Å². The lowest BCUT2D eigenvalue weighted by molar-refractivity contribution is -0.138. The Kier molecular flexibility index (Phi) is 6.46. The van der Waals surface area contributed by atoms with Gasteiger partial charge in [-0.25, -0.2) is 0 Å². The van der Waals surface area contributed by atoms with Crippen molar-refractivity contribution in [3.05, 3.63) is 0 Å². The fourth-order valence-electron chi connectivity index (χ4n) is 7.79. The molecule has 2 aliphatic heterocycles. The predicted molar refractivity (Wildman–Crippen MR) is 122 cm³/mol. The lowest BCUT2D eigenvalue weighted by Crippen LogP contribution is -2.53. The number of carbonyl (C=O) groups excluding carboxylic acids is 3. The Morgan fingerprint density at radius 3 is 1.88 bits per heavy atom. The minimum absolute atomic E-state index is 0.00543. The molecule has 6 aliphatic rings. The zero-order valence-corrected chi connectivity index (χ0v) is 19.5. The summed E-state index contributed by atoms with van der Waals surface area (Å²) < 4.78 is 0. The van der Waals surface area contributed by atoms with Crippen LogP contribution in [0.25, 0.3) is 0 Å². The fraction of sp³-hybridized carbons (Fsp3) is 0.880. The molecule has 2 heterocycles. The Hall–Kier alpha value is -1.63. The van der Waals surface area contributed by atoms with Gasteiger partial charge in [0.05, 0.1) is 13.1 Å². The number of piperidine rings is 1. The molecule has 0 aromatic heterocycles. The van der Waals surface area contributed by atoms with Crippen LogP contribution in [0.4, 0.5) is 0 Å². The van der Waals surface area contributed by atoms with Crippen LogP contribution in [-0.4, -0.2) is 84.8 Å². The topological polar surface area (TPSA) is 73.0 Å². The van der Waals surface area contributed by atoms with Crippen LogP contribution in [0.1, 0.15) is 64.2 Å². The predicted octanol–water partition coefficient (Wildman–Crippen LogP) is 1.87. The molecule has 0 aromatic rings. The molecule has 4 aliphatic carbocycles. The minimum atomic E-state index is 0.00543. The highest BCUT2D eigenvalue weighted by Gasteiger charge is 2.51. The number of piperazine rings is 1. The standard InChI is InChI=1S/C25H40N4O3/c30-22(16-25-13-19-10-20(14-25)12-21(11-19)15-25)26-17-23(31)29-8-6-27(7-9-29)18-24(32)28-4-2-1-3-5-28/h19-21H,1-18H2,(H,26,30). The quantitative estimate of drug-likeness (QED) is 0.679. The molecule has 0 aromatic carbocycles. The summed E-state index contributed by atoms with van der Waals surface area (Å²) in [6.07, 6.45) is 11.9. The van der Waals surface area contributed by atoms with Gasteiger partial charge in [0.2, 0.25) is 17.7 Å². The number of carbonyl (C=O) groups is 3. The molecule has 6 rings (SSSR count). The molecule has 4 bridgehead atoms. The van der Waals surface area contributed by atoms with Gasteiger partial charge in [-0.15, -0.1) is 0 Å². The number of likely N-dealkylation sites (tertiary alicyclic amines) is 1. The Morgan fingerprint density at radius 2 is 1.28 bits per heavy atom. The van der Waals surface area contributed by atoms with E-state index < -0.39 is 0 Å². The third-order valence-corrected chi connectivity index (χ3v) is 8.93. The summed E-state index contributed by atoms with van der Waals surface area (Å²) in [5.41, 5.74) is 0.217. The summed E-state index contributed by atoms with van der Waals surface area (Å²) in [6.45, 7) is 5.08. The van der Waals surface area contributed by atoms with E-state index in [1.54, 1.807) is 0 Å². The number of rotatable bonds is 6. The number of amides is 3. The Balaban J connectivity index is 1.02. The van der Waals surface area contributed by atoms with Crippen LogP contribution in [0.5, 0.6) is 0 Å². The van der Waals surface area contributed by atoms with Crippen molar-refractivity contribution in [2.75, 3.05) is 52.4 Å². The molecule has 178 valence electrons. The van der Waals surface area contributed by atoms with E-state index in [1.165, 1.54) is 44.9 Å². The van der Waals surface area contributed by atoms with E-state index in [1.807, 2.05) is 9.80 Å². The summed E-state index contributed by atoms with van der Waals surface area (Å²) in [5, 5.41) is 2.94. The maximum Gasteiger partial charge on any atom is 0.242 e. The monoisotopic (exact) mass is 444 g/mol. The fourth-order valence-corrected chi connectivity index (χ4v) is 7.79. The van der Waals surface area contributed by atoms with E-state index in [0.29, 0.717) is 26.1 Å². The molecule has 0 radical (unpaired) electrons. The molecular weight excluding hydrogens is 404 g/mol. The van der Waals surface area contributed by atoms with Gasteiger partial charge in [0.15, 0.2) is 0 Å². The number of nitrogens with one attached hydrogen (secondary N) is 1. The normalized spacial score (nSPS) is 34.6. The van der Waals surface area contributed by atoms with Crippen molar-refractivity contribution in [3.63, 3.8) is 0 Å². The first-order valence-corrected chi connectivity index (χ1v) is 13.0. The molecule has 6 fully saturated rings. The maximum absolute atomic E-state index is 12.7. The SMILES string of the molecule is O=C(CC12CC3CC(CC(C3)C1)C2)NCC(=O)N1CCN(CC(=O)N2CCCCC2)CC1. The van der Waals surface area contributed by atoms with Crippen LogP contribution >= 0.6 is 0 Å². The van der Waals surface area contributed by atoms with E-state index in [9.17, 15) is 14.4 Å². The van der Waals surface area contributed by atoms with Crippen molar-refractivity contribution in [2.45, 2.75) is 64.2 Å². The third kappa shape index (κ3) is 4.97. The van der Waals surface area contributed by atoms with Crippen molar-refractivity contribution in [1.82, 2.24) is 20.0 Å². The molecule has 0 unspecified atom stereocenters. The lowest BCUT2D eigenvalue weighted by Gasteiger charge is -2.56. The van der Waals surface area contributed by atoms with Crippen LogP contribution in [0.2, 0.25) is 0 Å².